The molecule has 11 nitrogen and oxygen atoms in total. The summed E-state index contributed by atoms with van der Waals surface area (Å²) in [6.07, 6.45) is 1.75. The molecule has 1 N–H and O–H groups in total. The van der Waals surface area contributed by atoms with Gasteiger partial charge in [-0.05, 0) is 26.7 Å². The lowest BCUT2D eigenvalue weighted by molar-refractivity contribution is -0.150. The monoisotopic (exact) mass is 636 g/mol. The Balaban J connectivity index is 2.41. The van der Waals surface area contributed by atoms with Crippen LogP contribution >= 0.6 is 0 Å². The first-order valence-corrected chi connectivity index (χ1v) is 16.0. The summed E-state index contributed by atoms with van der Waals surface area (Å²) in [6, 6.07) is 7.81. The third-order valence-corrected chi connectivity index (χ3v) is 7.03. The molecule has 0 aliphatic rings. The van der Waals surface area contributed by atoms with Crippen molar-refractivity contribution in [3.05, 3.63) is 54.6 Å². The maximum Gasteiger partial charge on any atom is 0.333 e. The summed E-state index contributed by atoms with van der Waals surface area (Å²) in [7, 11) is -4.83. The molecule has 0 saturated carbocycles. The molecule has 2 atom stereocenters. The van der Waals surface area contributed by atoms with Crippen molar-refractivity contribution in [3.8, 4) is 11.5 Å². The molecule has 2 rings (SSSR count). The van der Waals surface area contributed by atoms with Crippen molar-refractivity contribution in [1.82, 2.24) is 0 Å². The maximum atomic E-state index is 12.6. The van der Waals surface area contributed by atoms with Gasteiger partial charge in [-0.25, -0.2) is 9.59 Å². The van der Waals surface area contributed by atoms with Gasteiger partial charge >= 0.3 is 11.9 Å². The average molecular weight is 637 g/mol. The third kappa shape index (κ3) is 11.9. The number of hydrogen-bond acceptors (Lipinski definition) is 10. The zero-order chi connectivity index (χ0) is 32.7. The van der Waals surface area contributed by atoms with E-state index in [0.29, 0.717) is 24.0 Å². The highest BCUT2D eigenvalue weighted by Gasteiger charge is 2.26. The fourth-order valence-corrected chi connectivity index (χ4v) is 4.43. The number of esters is 2. The number of hydrogen-bond donors (Lipinski definition) is 1. The Morgan fingerprint density at radius 2 is 1.27 bits per heavy atom. The lowest BCUT2D eigenvalue weighted by Crippen LogP contribution is -2.31. The van der Waals surface area contributed by atoms with Crippen LogP contribution in [0.15, 0.2) is 59.5 Å². The van der Waals surface area contributed by atoms with Crippen molar-refractivity contribution in [2.45, 2.75) is 70.5 Å². The molecule has 2 unspecified atom stereocenters. The molecule has 44 heavy (non-hydrogen) atoms. The molecule has 2 aromatic carbocycles. The Labute approximate surface area is 259 Å². The van der Waals surface area contributed by atoms with E-state index in [0.717, 1.165) is 31.7 Å². The van der Waals surface area contributed by atoms with E-state index in [9.17, 15) is 22.6 Å². The van der Waals surface area contributed by atoms with Crippen molar-refractivity contribution in [3.63, 3.8) is 0 Å². The minimum absolute atomic E-state index is 0.00394. The Kier molecular flexibility index (Phi) is 15.3. The van der Waals surface area contributed by atoms with Crippen molar-refractivity contribution in [1.29, 1.82) is 0 Å². The smallest absolute Gasteiger partial charge is 0.333 e. The molecule has 0 saturated heterocycles. The number of benzene rings is 2. The zero-order valence-corrected chi connectivity index (χ0v) is 26.8. The van der Waals surface area contributed by atoms with Crippen molar-refractivity contribution < 1.29 is 51.0 Å². The van der Waals surface area contributed by atoms with Gasteiger partial charge in [0, 0.05) is 41.2 Å². The highest BCUT2D eigenvalue weighted by Crippen LogP contribution is 2.39. The van der Waals surface area contributed by atoms with Crippen LogP contribution in [0.4, 0.5) is 0 Å². The van der Waals surface area contributed by atoms with Crippen LogP contribution in [0.1, 0.15) is 53.4 Å². The van der Waals surface area contributed by atoms with Crippen LogP contribution in [-0.2, 0) is 38.7 Å². The minimum Gasteiger partial charge on any atom is -0.489 e. The Morgan fingerprint density at radius 1 is 0.795 bits per heavy atom. The Morgan fingerprint density at radius 3 is 1.73 bits per heavy atom. The van der Waals surface area contributed by atoms with E-state index in [4.69, 9.17) is 28.4 Å². The zero-order valence-electron chi connectivity index (χ0n) is 26.0. The highest BCUT2D eigenvalue weighted by molar-refractivity contribution is 7.86. The standard InChI is InChI=1S/C32H44O11S/c1-7-9-15-38-18-24(42-31(33)22(3)4)20-40-28-17-29(44(35,36)37)30(27-14-12-11-13-26(27)28)41-21-25(19-39-16-10-8-2)43-32(34)23(5)6/h11-14,17,24-25H,3,5,7-10,15-16,18-21H2,1-2,4,6H3,(H,35,36,37). The van der Waals surface area contributed by atoms with Gasteiger partial charge in [0.15, 0.2) is 12.2 Å². The van der Waals surface area contributed by atoms with Crippen LogP contribution in [0.25, 0.3) is 10.8 Å². The van der Waals surface area contributed by atoms with Gasteiger partial charge in [-0.2, -0.15) is 8.42 Å². The summed E-state index contributed by atoms with van der Waals surface area (Å²) in [5.74, 6) is -1.33. The summed E-state index contributed by atoms with van der Waals surface area (Å²) in [5, 5.41) is 0.769. The molecule has 0 amide bonds. The molecule has 0 radical (unpaired) electrons. The summed E-state index contributed by atoms with van der Waals surface area (Å²) < 4.78 is 69.4. The fraction of sp³-hybridized carbons (Fsp3) is 0.500. The lowest BCUT2D eigenvalue weighted by atomic mass is 10.1. The van der Waals surface area contributed by atoms with Gasteiger partial charge in [-0.3, -0.25) is 4.55 Å². The molecule has 0 aliphatic heterocycles. The number of rotatable bonds is 21. The minimum atomic E-state index is -4.83. The first-order chi connectivity index (χ1) is 20.9. The first kappa shape index (κ1) is 36.7. The number of ether oxygens (including phenoxy) is 6. The molecule has 0 spiro atoms. The summed E-state index contributed by atoms with van der Waals surface area (Å²) in [5.41, 5.74) is 0.379. The fourth-order valence-electron chi connectivity index (χ4n) is 3.77. The Hall–Kier alpha value is -3.45. The number of unbranched alkanes of at least 4 members (excludes halogenated alkanes) is 2. The molecule has 0 bridgehead atoms. The second-order valence-electron chi connectivity index (χ2n) is 10.3. The SMILES string of the molecule is C=C(C)C(=O)OC(COCCCC)COc1cc(S(=O)(=O)O)c(OCC(COCCCC)OC(=O)C(=C)C)c2ccccc12. The van der Waals surface area contributed by atoms with E-state index in [1.165, 1.54) is 13.8 Å². The van der Waals surface area contributed by atoms with Gasteiger partial charge in [-0.15, -0.1) is 0 Å². The molecule has 12 heteroatoms. The van der Waals surface area contributed by atoms with E-state index in [2.05, 4.69) is 13.2 Å². The van der Waals surface area contributed by atoms with Gasteiger partial charge < -0.3 is 28.4 Å². The normalized spacial score (nSPS) is 12.8. The van der Waals surface area contributed by atoms with E-state index >= 15 is 0 Å². The average Bonchev–Trinajstić information content (AvgIpc) is 2.97. The topological polar surface area (TPSA) is 144 Å². The summed E-state index contributed by atoms with van der Waals surface area (Å²) in [4.78, 5) is 23.9. The van der Waals surface area contributed by atoms with Crippen LogP contribution in [0, 0.1) is 0 Å². The number of carbonyl (C=O) groups is 2. The third-order valence-electron chi connectivity index (χ3n) is 6.18. The molecular weight excluding hydrogens is 592 g/mol. The first-order valence-electron chi connectivity index (χ1n) is 14.6. The molecule has 244 valence electrons. The maximum absolute atomic E-state index is 12.6. The van der Waals surface area contributed by atoms with E-state index in [1.54, 1.807) is 24.3 Å². The quantitative estimate of drug-likeness (QED) is 0.0808. The van der Waals surface area contributed by atoms with Gasteiger partial charge in [-0.1, -0.05) is 64.1 Å². The molecule has 0 aromatic heterocycles. The summed E-state index contributed by atoms with van der Waals surface area (Å²) >= 11 is 0. The van der Waals surface area contributed by atoms with Crippen LogP contribution in [0.2, 0.25) is 0 Å². The number of carbonyl (C=O) groups excluding carboxylic acids is 2. The molecule has 0 heterocycles. The van der Waals surface area contributed by atoms with Crippen LogP contribution < -0.4 is 9.47 Å². The van der Waals surface area contributed by atoms with E-state index in [1.807, 2.05) is 13.8 Å². The summed E-state index contributed by atoms with van der Waals surface area (Å²) in [6.45, 7) is 14.8. The molecular formula is C32H44O11S. The van der Waals surface area contributed by atoms with Gasteiger partial charge in [0.2, 0.25) is 0 Å². The van der Waals surface area contributed by atoms with Crippen molar-refractivity contribution >= 4 is 32.8 Å². The van der Waals surface area contributed by atoms with E-state index in [-0.39, 0.29) is 49.1 Å². The second kappa shape index (κ2) is 18.4. The molecule has 0 aliphatic carbocycles. The van der Waals surface area contributed by atoms with Gasteiger partial charge in [0.25, 0.3) is 10.1 Å². The lowest BCUT2D eigenvalue weighted by Gasteiger charge is -2.22. The van der Waals surface area contributed by atoms with Crippen molar-refractivity contribution in [2.75, 3.05) is 39.6 Å². The molecule has 2 aromatic rings. The predicted molar refractivity (Wildman–Crippen MR) is 166 cm³/mol. The second-order valence-corrected chi connectivity index (χ2v) is 11.7. The van der Waals surface area contributed by atoms with Crippen LogP contribution in [0.3, 0.4) is 0 Å². The van der Waals surface area contributed by atoms with E-state index < -0.39 is 39.2 Å². The largest absolute Gasteiger partial charge is 0.489 e. The Bertz CT molecular complexity index is 1380. The van der Waals surface area contributed by atoms with Crippen LogP contribution in [0.5, 0.6) is 11.5 Å². The predicted octanol–water partition coefficient (Wildman–Crippen LogP) is 5.45. The van der Waals surface area contributed by atoms with Gasteiger partial charge in [0.05, 0.1) is 13.2 Å². The number of fused-ring (bicyclic) bond motifs is 1. The van der Waals surface area contributed by atoms with Gasteiger partial charge in [0.1, 0.15) is 29.6 Å². The van der Waals surface area contributed by atoms with Crippen molar-refractivity contribution in [2.24, 2.45) is 0 Å². The van der Waals surface area contributed by atoms with Crippen LogP contribution in [-0.4, -0.2) is 76.8 Å². The molecule has 0 fully saturated rings. The highest BCUT2D eigenvalue weighted by atomic mass is 32.2.